The number of carbonyl (C=O) groups is 1. The summed E-state index contributed by atoms with van der Waals surface area (Å²) in [6.07, 6.45) is 7.08. The lowest BCUT2D eigenvalue weighted by Gasteiger charge is -2.22. The Labute approximate surface area is 187 Å². The number of H-pyrrole nitrogens is 1. The number of pyridine rings is 1. The molecule has 0 spiro atoms. The third-order valence-electron chi connectivity index (χ3n) is 5.66. The minimum atomic E-state index is -0.294. The lowest BCUT2D eigenvalue weighted by atomic mass is 10.0. The van der Waals surface area contributed by atoms with Crippen molar-refractivity contribution in [3.63, 3.8) is 0 Å². The van der Waals surface area contributed by atoms with Crippen LogP contribution in [0.1, 0.15) is 25.5 Å². The summed E-state index contributed by atoms with van der Waals surface area (Å²) in [4.78, 5) is 17.4. The van der Waals surface area contributed by atoms with Gasteiger partial charge >= 0.3 is 5.97 Å². The summed E-state index contributed by atoms with van der Waals surface area (Å²) in [5.41, 5.74) is 5.07. The lowest BCUT2D eigenvalue weighted by molar-refractivity contribution is -0.144. The first kappa shape index (κ1) is 21.7. The monoisotopic (exact) mass is 428 g/mol. The summed E-state index contributed by atoms with van der Waals surface area (Å²) < 4.78 is 5.72. The van der Waals surface area contributed by atoms with Crippen molar-refractivity contribution in [3.05, 3.63) is 70.4 Å². The molecule has 2 N–H and O–H groups in total. The van der Waals surface area contributed by atoms with Crippen molar-refractivity contribution in [2.75, 3.05) is 13.1 Å². The average Bonchev–Trinajstić information content (AvgIpc) is 3.29. The highest BCUT2D eigenvalue weighted by Gasteiger charge is 2.19. The predicted octanol–water partition coefficient (Wildman–Crippen LogP) is 2.88. The van der Waals surface area contributed by atoms with Crippen LogP contribution in [-0.2, 0) is 9.53 Å². The molecule has 2 aromatic heterocycles. The van der Waals surface area contributed by atoms with Crippen molar-refractivity contribution < 1.29 is 9.53 Å². The van der Waals surface area contributed by atoms with Crippen molar-refractivity contribution in [1.29, 1.82) is 0 Å². The van der Waals surface area contributed by atoms with E-state index >= 15 is 0 Å². The average molecular weight is 429 g/mol. The molecule has 0 bridgehead atoms. The summed E-state index contributed by atoms with van der Waals surface area (Å²) in [5, 5.41) is 12.3. The topological polar surface area (TPSA) is 79.9 Å². The molecule has 0 atom stereocenters. The van der Waals surface area contributed by atoms with E-state index in [0.717, 1.165) is 64.6 Å². The number of nitrogens with one attached hydrogen (secondary N) is 2. The fourth-order valence-corrected chi connectivity index (χ4v) is 3.84. The molecule has 164 valence electrons. The Morgan fingerprint density at radius 3 is 2.78 bits per heavy atom. The van der Waals surface area contributed by atoms with E-state index in [-0.39, 0.29) is 12.1 Å². The second-order valence-electron chi connectivity index (χ2n) is 7.98. The van der Waals surface area contributed by atoms with E-state index < -0.39 is 0 Å². The van der Waals surface area contributed by atoms with E-state index in [9.17, 15) is 4.79 Å². The van der Waals surface area contributed by atoms with E-state index in [4.69, 9.17) is 4.74 Å². The number of aryl methyl sites for hydroxylation is 1. The molecule has 1 fully saturated rings. The van der Waals surface area contributed by atoms with Crippen LogP contribution in [0.5, 0.6) is 0 Å². The number of aromatic amines is 1. The maximum absolute atomic E-state index is 12.8. The lowest BCUT2D eigenvalue weighted by Crippen LogP contribution is -2.34. The highest BCUT2D eigenvalue weighted by molar-refractivity contribution is 5.97. The Morgan fingerprint density at radius 1 is 1.22 bits per heavy atom. The first-order valence-corrected chi connectivity index (χ1v) is 10.9. The van der Waals surface area contributed by atoms with Gasteiger partial charge in [0.15, 0.2) is 0 Å². The van der Waals surface area contributed by atoms with Gasteiger partial charge in [-0.2, -0.15) is 5.10 Å². The van der Waals surface area contributed by atoms with Crippen molar-refractivity contribution in [1.82, 2.24) is 20.5 Å². The van der Waals surface area contributed by atoms with Crippen LogP contribution in [0.15, 0.2) is 54.2 Å². The van der Waals surface area contributed by atoms with Gasteiger partial charge in [-0.15, -0.1) is 0 Å². The number of carbonyl (C=O) groups excluding carboxylic acids is 1. The first-order chi connectivity index (χ1) is 15.5. The number of piperidine rings is 1. The molecule has 4 rings (SSSR count). The number of ether oxygens (including phenoxy) is 1. The molecule has 0 saturated carbocycles. The van der Waals surface area contributed by atoms with Crippen molar-refractivity contribution in [2.45, 2.75) is 32.8 Å². The molecule has 1 aliphatic heterocycles. The van der Waals surface area contributed by atoms with Crippen molar-refractivity contribution in [2.24, 2.45) is 0 Å². The number of hydrogen-bond donors (Lipinski definition) is 2. The van der Waals surface area contributed by atoms with E-state index in [1.807, 2.05) is 56.3 Å². The Balaban J connectivity index is 1.66. The zero-order chi connectivity index (χ0) is 22.5. The standard InChI is InChI=1S/C26H28N4O2/c1-4-19(26(31)32-22-10-12-27-13-11-22)14-21-15-20(9-8-17(21)2)23-16-28-30-25(23)24-7-5-6-18(3)29-24/h4-9,14-16,22,27H,2,10-13H2,1,3H3,(H,28,30)/b19-4+,21-14-. The fraction of sp³-hybridized carbons (Fsp3) is 0.269. The highest BCUT2D eigenvalue weighted by Crippen LogP contribution is 2.28. The number of allylic oxidation sites excluding steroid dienone is 1. The summed E-state index contributed by atoms with van der Waals surface area (Å²) in [5.74, 6) is -0.294. The third-order valence-corrected chi connectivity index (χ3v) is 5.66. The molecule has 6 nitrogen and oxygen atoms in total. The zero-order valence-electron chi connectivity index (χ0n) is 18.5. The van der Waals surface area contributed by atoms with Crippen molar-refractivity contribution >= 4 is 18.6 Å². The van der Waals surface area contributed by atoms with Gasteiger partial charge in [0.05, 0.1) is 23.2 Å². The summed E-state index contributed by atoms with van der Waals surface area (Å²) in [7, 11) is 0. The normalized spacial score (nSPS) is 15.7. The van der Waals surface area contributed by atoms with E-state index in [1.165, 1.54) is 0 Å². The van der Waals surface area contributed by atoms with Gasteiger partial charge in [0.2, 0.25) is 0 Å². The maximum Gasteiger partial charge on any atom is 0.338 e. The van der Waals surface area contributed by atoms with Crippen LogP contribution in [0.3, 0.4) is 0 Å². The third kappa shape index (κ3) is 4.86. The van der Waals surface area contributed by atoms with Crippen LogP contribution in [0.2, 0.25) is 0 Å². The fourth-order valence-electron chi connectivity index (χ4n) is 3.84. The zero-order valence-corrected chi connectivity index (χ0v) is 18.5. The molecular formula is C26H28N4O2. The molecule has 0 unspecified atom stereocenters. The minimum Gasteiger partial charge on any atom is -0.459 e. The van der Waals surface area contributed by atoms with Crippen LogP contribution in [0.25, 0.3) is 35.2 Å². The van der Waals surface area contributed by atoms with Crippen LogP contribution in [0.4, 0.5) is 0 Å². The maximum atomic E-state index is 12.8. The van der Waals surface area contributed by atoms with Gasteiger partial charge in [-0.25, -0.2) is 4.79 Å². The van der Waals surface area contributed by atoms with Gasteiger partial charge in [-0.3, -0.25) is 10.1 Å². The Morgan fingerprint density at radius 2 is 2.03 bits per heavy atom. The van der Waals surface area contributed by atoms with Gasteiger partial charge in [0.1, 0.15) is 6.10 Å². The number of benzene rings is 1. The molecule has 6 heteroatoms. The highest BCUT2D eigenvalue weighted by atomic mass is 16.5. The molecule has 1 saturated heterocycles. The van der Waals surface area contributed by atoms with Gasteiger partial charge in [0, 0.05) is 11.3 Å². The van der Waals surface area contributed by atoms with E-state index in [1.54, 1.807) is 12.3 Å². The van der Waals surface area contributed by atoms with Gasteiger partial charge in [0.25, 0.3) is 0 Å². The number of hydrogen-bond acceptors (Lipinski definition) is 5. The van der Waals surface area contributed by atoms with Crippen LogP contribution in [-0.4, -0.2) is 40.3 Å². The second kappa shape index (κ2) is 9.75. The Bertz CT molecular complexity index is 1250. The Kier molecular flexibility index (Phi) is 6.61. The van der Waals surface area contributed by atoms with Gasteiger partial charge in [-0.1, -0.05) is 30.9 Å². The number of nitrogens with zero attached hydrogens (tertiary/aromatic N) is 2. The van der Waals surface area contributed by atoms with Crippen LogP contribution in [0, 0.1) is 6.92 Å². The van der Waals surface area contributed by atoms with Crippen LogP contribution < -0.4 is 15.8 Å². The summed E-state index contributed by atoms with van der Waals surface area (Å²) in [6, 6.07) is 11.9. The molecule has 0 aliphatic carbocycles. The summed E-state index contributed by atoms with van der Waals surface area (Å²) in [6.45, 7) is 9.71. The summed E-state index contributed by atoms with van der Waals surface area (Å²) >= 11 is 0. The smallest absolute Gasteiger partial charge is 0.338 e. The SMILES string of the molecule is C=c1ccc(-c2cn[nH]c2-c2cccc(C)n2)c/c1=C/C(=C\C)C(=O)OC1CCNCC1. The van der Waals surface area contributed by atoms with Gasteiger partial charge in [-0.05, 0) is 80.1 Å². The first-order valence-electron chi connectivity index (χ1n) is 10.9. The molecule has 3 heterocycles. The molecule has 3 aromatic rings. The minimum absolute atomic E-state index is 0.0343. The predicted molar refractivity (Wildman–Crippen MR) is 127 cm³/mol. The molecule has 1 aliphatic rings. The molecule has 0 amide bonds. The van der Waals surface area contributed by atoms with E-state index in [0.29, 0.717) is 5.57 Å². The molecule has 0 radical (unpaired) electrons. The number of esters is 1. The number of rotatable bonds is 5. The molecular weight excluding hydrogens is 400 g/mol. The molecule has 1 aromatic carbocycles. The van der Waals surface area contributed by atoms with Crippen molar-refractivity contribution in [3.8, 4) is 22.5 Å². The quantitative estimate of drug-likeness (QED) is 0.483. The number of aromatic nitrogens is 3. The Hall–Kier alpha value is -3.51. The molecule has 32 heavy (non-hydrogen) atoms. The largest absolute Gasteiger partial charge is 0.459 e. The van der Waals surface area contributed by atoms with Gasteiger partial charge < -0.3 is 10.1 Å². The van der Waals surface area contributed by atoms with E-state index in [2.05, 4.69) is 27.1 Å². The van der Waals surface area contributed by atoms with Crippen LogP contribution >= 0.6 is 0 Å². The second-order valence-corrected chi connectivity index (χ2v) is 7.98.